The molecule has 0 spiro atoms. The number of ether oxygens (including phenoxy) is 1. The zero-order chi connectivity index (χ0) is 21.8. The van der Waals surface area contributed by atoms with Crippen LogP contribution in [0, 0.1) is 0 Å². The molecule has 11 heteroatoms. The molecule has 0 fully saturated rings. The van der Waals surface area contributed by atoms with Crippen molar-refractivity contribution >= 4 is 38.9 Å². The first kappa shape index (κ1) is 21.2. The monoisotopic (exact) mass is 458 g/mol. The van der Waals surface area contributed by atoms with Crippen LogP contribution in [0.2, 0.25) is 5.02 Å². The minimum atomic E-state index is -3.60. The molecule has 0 saturated heterocycles. The first-order chi connectivity index (χ1) is 15.0. The van der Waals surface area contributed by atoms with E-state index in [1.165, 1.54) is 25.4 Å². The molecule has 0 aliphatic carbocycles. The average molecular weight is 459 g/mol. The van der Waals surface area contributed by atoms with Gasteiger partial charge in [0.2, 0.25) is 16.0 Å². The Morgan fingerprint density at radius 2 is 1.90 bits per heavy atom. The Kier molecular flexibility index (Phi) is 6.14. The van der Waals surface area contributed by atoms with E-state index in [1.54, 1.807) is 18.3 Å². The zero-order valence-corrected chi connectivity index (χ0v) is 18.1. The van der Waals surface area contributed by atoms with Crippen LogP contribution in [0.25, 0.3) is 17.0 Å². The molecule has 0 bridgehead atoms. The lowest BCUT2D eigenvalue weighted by atomic mass is 10.3. The summed E-state index contributed by atoms with van der Waals surface area (Å²) in [6.07, 6.45) is 5.08. The number of sulfonamides is 1. The van der Waals surface area contributed by atoms with Crippen molar-refractivity contribution in [1.82, 2.24) is 24.1 Å². The van der Waals surface area contributed by atoms with Crippen LogP contribution >= 0.6 is 11.6 Å². The SMILES string of the molecule is COCCNS(=O)(=O)c1ccc(Nc2ncc(Cl)c(-c3cnc4ccccn34)n2)cc1. The molecule has 0 unspecified atom stereocenters. The van der Waals surface area contributed by atoms with E-state index in [0.29, 0.717) is 29.0 Å². The molecule has 0 aliphatic rings. The van der Waals surface area contributed by atoms with Gasteiger partial charge < -0.3 is 10.1 Å². The summed E-state index contributed by atoms with van der Waals surface area (Å²) < 4.78 is 33.7. The van der Waals surface area contributed by atoms with Crippen LogP contribution in [0.5, 0.6) is 0 Å². The minimum Gasteiger partial charge on any atom is -0.383 e. The smallest absolute Gasteiger partial charge is 0.240 e. The molecule has 1 aromatic carbocycles. The van der Waals surface area contributed by atoms with E-state index in [2.05, 4.69) is 25.0 Å². The molecule has 9 nitrogen and oxygen atoms in total. The largest absolute Gasteiger partial charge is 0.383 e. The highest BCUT2D eigenvalue weighted by molar-refractivity contribution is 7.89. The highest BCUT2D eigenvalue weighted by atomic mass is 35.5. The third-order valence-electron chi connectivity index (χ3n) is 4.42. The van der Waals surface area contributed by atoms with Gasteiger partial charge in [-0.05, 0) is 36.4 Å². The van der Waals surface area contributed by atoms with Crippen molar-refractivity contribution in [2.45, 2.75) is 4.90 Å². The maximum absolute atomic E-state index is 12.3. The number of benzene rings is 1. The van der Waals surface area contributed by atoms with E-state index in [9.17, 15) is 8.42 Å². The van der Waals surface area contributed by atoms with Gasteiger partial charge in [-0.25, -0.2) is 28.1 Å². The minimum absolute atomic E-state index is 0.151. The molecule has 0 amide bonds. The third-order valence-corrected chi connectivity index (χ3v) is 6.18. The van der Waals surface area contributed by atoms with Gasteiger partial charge in [-0.1, -0.05) is 17.7 Å². The van der Waals surface area contributed by atoms with Gasteiger partial charge in [0.1, 0.15) is 11.3 Å². The number of nitrogens with zero attached hydrogens (tertiary/aromatic N) is 4. The Morgan fingerprint density at radius 3 is 2.68 bits per heavy atom. The Morgan fingerprint density at radius 1 is 1.10 bits per heavy atom. The summed E-state index contributed by atoms with van der Waals surface area (Å²) in [6, 6.07) is 12.0. The van der Waals surface area contributed by atoms with Crippen molar-refractivity contribution in [2.24, 2.45) is 0 Å². The van der Waals surface area contributed by atoms with Crippen LogP contribution in [-0.2, 0) is 14.8 Å². The maximum atomic E-state index is 12.3. The molecule has 0 radical (unpaired) electrons. The molecule has 31 heavy (non-hydrogen) atoms. The lowest BCUT2D eigenvalue weighted by Crippen LogP contribution is -2.27. The van der Waals surface area contributed by atoms with E-state index in [1.807, 2.05) is 28.8 Å². The molecule has 3 aromatic heterocycles. The number of aromatic nitrogens is 4. The van der Waals surface area contributed by atoms with Crippen LogP contribution in [-0.4, -0.2) is 48.0 Å². The summed E-state index contributed by atoms with van der Waals surface area (Å²) in [5.74, 6) is 0.319. The summed E-state index contributed by atoms with van der Waals surface area (Å²) in [5.41, 5.74) is 2.66. The summed E-state index contributed by atoms with van der Waals surface area (Å²) in [7, 11) is -2.09. The summed E-state index contributed by atoms with van der Waals surface area (Å²) >= 11 is 6.34. The number of fused-ring (bicyclic) bond motifs is 1. The standard InChI is InChI=1S/C20H19ClN6O3S/c1-30-11-9-24-31(28,29)15-7-5-14(6-8-15)25-20-23-12-16(21)19(26-20)17-13-22-18-4-2-3-10-27(17)18/h2-8,10,12-13,24H,9,11H2,1H3,(H,23,25,26). The van der Waals surface area contributed by atoms with Gasteiger partial charge in [-0.15, -0.1) is 0 Å². The number of pyridine rings is 1. The second kappa shape index (κ2) is 8.98. The second-order valence-corrected chi connectivity index (χ2v) is 8.68. The van der Waals surface area contributed by atoms with Gasteiger partial charge >= 0.3 is 0 Å². The summed E-state index contributed by atoms with van der Waals surface area (Å²) in [4.78, 5) is 13.3. The Labute approximate surface area is 184 Å². The normalized spacial score (nSPS) is 11.7. The van der Waals surface area contributed by atoms with Crippen molar-refractivity contribution < 1.29 is 13.2 Å². The molecule has 0 atom stereocenters. The van der Waals surface area contributed by atoms with Crippen molar-refractivity contribution in [3.05, 3.63) is 66.1 Å². The van der Waals surface area contributed by atoms with Crippen LogP contribution in [0.15, 0.2) is 66.0 Å². The third kappa shape index (κ3) is 4.67. The van der Waals surface area contributed by atoms with Crippen molar-refractivity contribution in [3.63, 3.8) is 0 Å². The molecule has 4 rings (SSSR count). The van der Waals surface area contributed by atoms with E-state index in [4.69, 9.17) is 16.3 Å². The second-order valence-electron chi connectivity index (χ2n) is 6.50. The van der Waals surface area contributed by atoms with E-state index in [0.717, 1.165) is 11.3 Å². The predicted molar refractivity (Wildman–Crippen MR) is 118 cm³/mol. The van der Waals surface area contributed by atoms with Crippen LogP contribution in [0.4, 0.5) is 11.6 Å². The molecule has 0 aliphatic heterocycles. The van der Waals surface area contributed by atoms with Gasteiger partial charge in [-0.2, -0.15) is 0 Å². The van der Waals surface area contributed by atoms with E-state index < -0.39 is 10.0 Å². The predicted octanol–water partition coefficient (Wildman–Crippen LogP) is 3.11. The fraction of sp³-hybridized carbons (Fsp3) is 0.150. The highest BCUT2D eigenvalue weighted by Gasteiger charge is 2.15. The lowest BCUT2D eigenvalue weighted by Gasteiger charge is -2.10. The number of rotatable bonds is 8. The Bertz CT molecular complexity index is 1310. The molecule has 2 N–H and O–H groups in total. The fourth-order valence-corrected chi connectivity index (χ4v) is 4.12. The topological polar surface area (TPSA) is 111 Å². The first-order valence-electron chi connectivity index (χ1n) is 9.28. The first-order valence-corrected chi connectivity index (χ1v) is 11.1. The molecule has 160 valence electrons. The molecular weight excluding hydrogens is 440 g/mol. The van der Waals surface area contributed by atoms with Gasteiger partial charge in [0, 0.05) is 25.5 Å². The lowest BCUT2D eigenvalue weighted by molar-refractivity contribution is 0.204. The van der Waals surface area contributed by atoms with E-state index >= 15 is 0 Å². The van der Waals surface area contributed by atoms with Crippen LogP contribution < -0.4 is 10.0 Å². The van der Waals surface area contributed by atoms with Gasteiger partial charge in [0.25, 0.3) is 0 Å². The average Bonchev–Trinajstić information content (AvgIpc) is 3.20. The summed E-state index contributed by atoms with van der Waals surface area (Å²) in [6.45, 7) is 0.491. The number of anilines is 2. The number of halogens is 1. The van der Waals surface area contributed by atoms with Crippen molar-refractivity contribution in [1.29, 1.82) is 0 Å². The number of imidazole rings is 1. The summed E-state index contributed by atoms with van der Waals surface area (Å²) in [5, 5.41) is 3.46. The van der Waals surface area contributed by atoms with Crippen molar-refractivity contribution in [3.8, 4) is 11.4 Å². The molecule has 4 aromatic rings. The number of hydrogen-bond acceptors (Lipinski definition) is 7. The molecule has 0 saturated carbocycles. The zero-order valence-electron chi connectivity index (χ0n) is 16.5. The fourth-order valence-electron chi connectivity index (χ4n) is 2.92. The number of methoxy groups -OCH3 is 1. The number of nitrogens with one attached hydrogen (secondary N) is 2. The van der Waals surface area contributed by atoms with Gasteiger partial charge in [-0.3, -0.25) is 4.40 Å². The Hall–Kier alpha value is -3.05. The van der Waals surface area contributed by atoms with Crippen molar-refractivity contribution in [2.75, 3.05) is 25.6 Å². The highest BCUT2D eigenvalue weighted by Crippen LogP contribution is 2.27. The van der Waals surface area contributed by atoms with Gasteiger partial charge in [0.05, 0.1) is 34.6 Å². The van der Waals surface area contributed by atoms with Crippen LogP contribution in [0.1, 0.15) is 0 Å². The quantitative estimate of drug-likeness (QED) is 0.390. The van der Waals surface area contributed by atoms with Gasteiger partial charge in [0.15, 0.2) is 0 Å². The maximum Gasteiger partial charge on any atom is 0.240 e. The van der Waals surface area contributed by atoms with Crippen LogP contribution in [0.3, 0.4) is 0 Å². The molecular formula is C20H19ClN6O3S. The number of hydrogen-bond donors (Lipinski definition) is 2. The van der Waals surface area contributed by atoms with E-state index in [-0.39, 0.29) is 11.4 Å². The Balaban J connectivity index is 1.56. The molecule has 3 heterocycles.